The zero-order valence-electron chi connectivity index (χ0n) is 8.69. The summed E-state index contributed by atoms with van der Waals surface area (Å²) in [5.74, 6) is 0. The molecule has 13 heavy (non-hydrogen) atoms. The van der Waals surface area contributed by atoms with Crippen molar-refractivity contribution in [2.75, 3.05) is 7.11 Å². The highest BCUT2D eigenvalue weighted by atomic mass is 16.5. The Morgan fingerprint density at radius 3 is 2.15 bits per heavy atom. The van der Waals surface area contributed by atoms with E-state index in [1.165, 1.54) is 16.7 Å². The first-order valence-electron chi connectivity index (χ1n) is 4.41. The van der Waals surface area contributed by atoms with Gasteiger partial charge in [0.2, 0.25) is 0 Å². The van der Waals surface area contributed by atoms with Crippen LogP contribution in [0.1, 0.15) is 41.5 Å². The van der Waals surface area contributed by atoms with E-state index < -0.39 is 0 Å². The Morgan fingerprint density at radius 2 is 1.85 bits per heavy atom. The van der Waals surface area contributed by atoms with Crippen LogP contribution in [0, 0.1) is 0 Å². The zero-order valence-corrected chi connectivity index (χ0v) is 8.69. The standard InChI is InChI=1S/C11H18O.CH4/c1-8-6-7-10(9(8)2)11(3,4)12-5;/h6H,7H2,1-5H3;1H4. The predicted octanol–water partition coefficient (Wildman–Crippen LogP) is 3.71. The Balaban J connectivity index is 0.00000144. The van der Waals surface area contributed by atoms with Gasteiger partial charge in [-0.25, -0.2) is 0 Å². The molecule has 76 valence electrons. The molecule has 0 atom stereocenters. The molecular weight excluding hydrogens is 160 g/mol. The molecule has 1 rings (SSSR count). The van der Waals surface area contributed by atoms with Crippen molar-refractivity contribution in [3.8, 4) is 0 Å². The van der Waals surface area contributed by atoms with Crippen LogP contribution < -0.4 is 0 Å². The molecule has 0 fully saturated rings. The third kappa shape index (κ3) is 2.22. The molecule has 1 aliphatic carbocycles. The molecule has 0 radical (unpaired) electrons. The molecule has 0 unspecified atom stereocenters. The average Bonchev–Trinajstić information content (AvgIpc) is 2.33. The number of ether oxygens (including phenoxy) is 1. The SMILES string of the molecule is C.COC(C)(C)C1=C(C)C(C)=CC1. The van der Waals surface area contributed by atoms with Gasteiger partial charge in [-0.15, -0.1) is 0 Å². The molecule has 0 amide bonds. The first-order chi connectivity index (χ1) is 5.49. The van der Waals surface area contributed by atoms with Crippen molar-refractivity contribution in [3.63, 3.8) is 0 Å². The molecular formula is C12H22O. The lowest BCUT2D eigenvalue weighted by molar-refractivity contribution is 0.0531. The van der Waals surface area contributed by atoms with Crippen molar-refractivity contribution < 1.29 is 4.74 Å². The van der Waals surface area contributed by atoms with Crippen LogP contribution in [0.3, 0.4) is 0 Å². The van der Waals surface area contributed by atoms with E-state index in [0.717, 1.165) is 6.42 Å². The fourth-order valence-electron chi connectivity index (χ4n) is 1.62. The molecule has 0 aromatic carbocycles. The van der Waals surface area contributed by atoms with Crippen LogP contribution in [0.25, 0.3) is 0 Å². The molecule has 1 heteroatoms. The minimum atomic E-state index is -0.0989. The molecule has 0 saturated carbocycles. The maximum Gasteiger partial charge on any atom is 0.0840 e. The second-order valence-corrected chi connectivity index (χ2v) is 3.91. The number of rotatable bonds is 2. The molecule has 1 nitrogen and oxygen atoms in total. The van der Waals surface area contributed by atoms with Crippen LogP contribution in [0.15, 0.2) is 22.8 Å². The minimum Gasteiger partial charge on any atom is -0.374 e. The van der Waals surface area contributed by atoms with E-state index in [-0.39, 0.29) is 13.0 Å². The summed E-state index contributed by atoms with van der Waals surface area (Å²) < 4.78 is 5.45. The molecule has 0 heterocycles. The number of hydrogen-bond donors (Lipinski definition) is 0. The van der Waals surface area contributed by atoms with Crippen LogP contribution in [-0.4, -0.2) is 12.7 Å². The predicted molar refractivity (Wildman–Crippen MR) is 58.9 cm³/mol. The van der Waals surface area contributed by atoms with E-state index in [1.807, 2.05) is 0 Å². The van der Waals surface area contributed by atoms with E-state index in [9.17, 15) is 0 Å². The third-order valence-corrected chi connectivity index (χ3v) is 2.89. The highest BCUT2D eigenvalue weighted by Crippen LogP contribution is 2.34. The van der Waals surface area contributed by atoms with Crippen LogP contribution in [0.4, 0.5) is 0 Å². The molecule has 0 aliphatic heterocycles. The van der Waals surface area contributed by atoms with Gasteiger partial charge >= 0.3 is 0 Å². The van der Waals surface area contributed by atoms with E-state index in [4.69, 9.17) is 4.74 Å². The van der Waals surface area contributed by atoms with Crippen molar-refractivity contribution in [1.82, 2.24) is 0 Å². The average molecular weight is 182 g/mol. The fraction of sp³-hybridized carbons (Fsp3) is 0.667. The number of allylic oxidation sites excluding steroid dienone is 3. The molecule has 0 spiro atoms. The molecule has 0 aromatic rings. The number of methoxy groups -OCH3 is 1. The van der Waals surface area contributed by atoms with Gasteiger partial charge in [-0.3, -0.25) is 0 Å². The second kappa shape index (κ2) is 4.10. The van der Waals surface area contributed by atoms with Crippen molar-refractivity contribution in [1.29, 1.82) is 0 Å². The summed E-state index contributed by atoms with van der Waals surface area (Å²) >= 11 is 0. The van der Waals surface area contributed by atoms with Gasteiger partial charge in [0.25, 0.3) is 0 Å². The highest BCUT2D eigenvalue weighted by molar-refractivity contribution is 5.43. The maximum absolute atomic E-state index is 5.45. The van der Waals surface area contributed by atoms with Gasteiger partial charge in [-0.1, -0.05) is 19.1 Å². The van der Waals surface area contributed by atoms with Gasteiger partial charge in [0.05, 0.1) is 5.60 Å². The molecule has 0 N–H and O–H groups in total. The largest absolute Gasteiger partial charge is 0.374 e. The maximum atomic E-state index is 5.45. The van der Waals surface area contributed by atoms with Gasteiger partial charge in [-0.05, 0) is 45.3 Å². The van der Waals surface area contributed by atoms with Crippen LogP contribution >= 0.6 is 0 Å². The van der Waals surface area contributed by atoms with Crippen LogP contribution in [-0.2, 0) is 4.74 Å². The summed E-state index contributed by atoms with van der Waals surface area (Å²) in [7, 11) is 1.77. The monoisotopic (exact) mass is 182 g/mol. The van der Waals surface area contributed by atoms with Crippen molar-refractivity contribution in [2.45, 2.75) is 47.1 Å². The summed E-state index contributed by atoms with van der Waals surface area (Å²) in [5.41, 5.74) is 4.12. The van der Waals surface area contributed by atoms with E-state index in [1.54, 1.807) is 7.11 Å². The molecule has 1 aliphatic rings. The Hall–Kier alpha value is -0.560. The van der Waals surface area contributed by atoms with Gasteiger partial charge in [0, 0.05) is 7.11 Å². The van der Waals surface area contributed by atoms with Crippen LogP contribution in [0.5, 0.6) is 0 Å². The quantitative estimate of drug-likeness (QED) is 0.632. The summed E-state index contributed by atoms with van der Waals surface area (Å²) in [6, 6.07) is 0. The Labute approximate surface area is 82.5 Å². The normalized spacial score (nSPS) is 17.2. The summed E-state index contributed by atoms with van der Waals surface area (Å²) in [4.78, 5) is 0. The fourth-order valence-corrected chi connectivity index (χ4v) is 1.62. The zero-order chi connectivity index (χ0) is 9.35. The highest BCUT2D eigenvalue weighted by Gasteiger charge is 2.26. The molecule has 0 aromatic heterocycles. The lowest BCUT2D eigenvalue weighted by atomic mass is 9.93. The third-order valence-electron chi connectivity index (χ3n) is 2.89. The Bertz CT molecular complexity index is 244. The van der Waals surface area contributed by atoms with Crippen LogP contribution in [0.2, 0.25) is 0 Å². The lowest BCUT2D eigenvalue weighted by Gasteiger charge is -2.26. The Morgan fingerprint density at radius 1 is 1.31 bits per heavy atom. The smallest absolute Gasteiger partial charge is 0.0840 e. The molecule has 0 bridgehead atoms. The topological polar surface area (TPSA) is 9.23 Å². The summed E-state index contributed by atoms with van der Waals surface area (Å²) in [6.45, 7) is 8.58. The van der Waals surface area contributed by atoms with E-state index in [0.29, 0.717) is 0 Å². The van der Waals surface area contributed by atoms with E-state index in [2.05, 4.69) is 33.8 Å². The lowest BCUT2D eigenvalue weighted by Crippen LogP contribution is -2.25. The van der Waals surface area contributed by atoms with Gasteiger partial charge in [0.1, 0.15) is 0 Å². The number of hydrogen-bond acceptors (Lipinski definition) is 1. The first kappa shape index (κ1) is 12.4. The van der Waals surface area contributed by atoms with Crippen molar-refractivity contribution in [2.24, 2.45) is 0 Å². The Kier molecular flexibility index (Phi) is 3.92. The van der Waals surface area contributed by atoms with Crippen molar-refractivity contribution >= 4 is 0 Å². The first-order valence-corrected chi connectivity index (χ1v) is 4.41. The van der Waals surface area contributed by atoms with Gasteiger partial charge < -0.3 is 4.74 Å². The summed E-state index contributed by atoms with van der Waals surface area (Å²) in [6.07, 6.45) is 3.32. The minimum absolute atomic E-state index is 0. The molecule has 0 saturated heterocycles. The van der Waals surface area contributed by atoms with Gasteiger partial charge in [0.15, 0.2) is 0 Å². The van der Waals surface area contributed by atoms with Gasteiger partial charge in [-0.2, -0.15) is 0 Å². The second-order valence-electron chi connectivity index (χ2n) is 3.91. The van der Waals surface area contributed by atoms with Crippen molar-refractivity contribution in [3.05, 3.63) is 22.8 Å². The van der Waals surface area contributed by atoms with E-state index >= 15 is 0 Å². The summed E-state index contributed by atoms with van der Waals surface area (Å²) in [5, 5.41) is 0.